The number of carbonyl (C=O) groups excluding carboxylic acids is 2. The Morgan fingerprint density at radius 1 is 0.477 bits per heavy atom. The minimum Gasteiger partial charge on any atom is -0.756 e. The summed E-state index contributed by atoms with van der Waals surface area (Å²) < 4.78 is 34.1. The largest absolute Gasteiger partial charge is 0.756 e. The Labute approximate surface area is 402 Å². The first-order chi connectivity index (χ1) is 31.5. The molecule has 0 bridgehead atoms. The van der Waals surface area contributed by atoms with Gasteiger partial charge in [0.25, 0.3) is 7.82 Å². The van der Waals surface area contributed by atoms with E-state index in [1.807, 2.05) is 21.1 Å². The van der Waals surface area contributed by atoms with Crippen molar-refractivity contribution in [3.63, 3.8) is 0 Å². The highest BCUT2D eigenvalue weighted by Gasteiger charge is 2.21. The maximum atomic E-state index is 12.8. The molecular formula is C55H106NO8P. The lowest BCUT2D eigenvalue weighted by Gasteiger charge is -2.28. The van der Waals surface area contributed by atoms with Gasteiger partial charge in [0.1, 0.15) is 19.8 Å². The number of quaternary nitrogens is 1. The molecule has 0 spiro atoms. The molecule has 1 unspecified atom stereocenters. The van der Waals surface area contributed by atoms with Crippen molar-refractivity contribution < 1.29 is 42.1 Å². The zero-order valence-electron chi connectivity index (χ0n) is 43.5. The number of phosphoric ester groups is 1. The summed E-state index contributed by atoms with van der Waals surface area (Å²) in [6, 6.07) is 0. The Balaban J connectivity index is 4.17. The molecule has 0 fully saturated rings. The summed E-state index contributed by atoms with van der Waals surface area (Å²) in [4.78, 5) is 37.8. The Morgan fingerprint density at radius 3 is 1.25 bits per heavy atom. The first-order valence-corrected chi connectivity index (χ1v) is 29.0. The van der Waals surface area contributed by atoms with Crippen molar-refractivity contribution in [2.24, 2.45) is 0 Å². The van der Waals surface area contributed by atoms with Crippen LogP contribution in [0.5, 0.6) is 0 Å². The van der Waals surface area contributed by atoms with Gasteiger partial charge in [0, 0.05) is 12.8 Å². The van der Waals surface area contributed by atoms with Crippen molar-refractivity contribution in [2.45, 2.75) is 270 Å². The number of unbranched alkanes of at least 4 members (excludes halogenated alkanes) is 33. The first-order valence-electron chi connectivity index (χ1n) is 27.5. The number of ether oxygens (including phenoxy) is 2. The molecule has 0 radical (unpaired) electrons. The van der Waals surface area contributed by atoms with E-state index in [9.17, 15) is 19.0 Å². The van der Waals surface area contributed by atoms with Gasteiger partial charge in [0.2, 0.25) is 0 Å². The van der Waals surface area contributed by atoms with Crippen LogP contribution in [-0.2, 0) is 32.7 Å². The van der Waals surface area contributed by atoms with Gasteiger partial charge in [0.15, 0.2) is 6.10 Å². The van der Waals surface area contributed by atoms with E-state index in [4.69, 9.17) is 18.5 Å². The average molecular weight is 940 g/mol. The Morgan fingerprint density at radius 2 is 0.831 bits per heavy atom. The van der Waals surface area contributed by atoms with Crippen LogP contribution in [0.3, 0.4) is 0 Å². The lowest BCUT2D eigenvalue weighted by Crippen LogP contribution is -2.37. The van der Waals surface area contributed by atoms with E-state index in [2.05, 4.69) is 38.2 Å². The molecule has 0 aliphatic carbocycles. The highest BCUT2D eigenvalue weighted by Crippen LogP contribution is 2.38. The molecule has 0 N–H and O–H groups in total. The number of allylic oxidation sites excluding steroid dienone is 4. The maximum Gasteiger partial charge on any atom is 0.306 e. The Kier molecular flexibility index (Phi) is 46.4. The highest BCUT2D eigenvalue weighted by atomic mass is 31.2. The van der Waals surface area contributed by atoms with Gasteiger partial charge in [-0.3, -0.25) is 14.2 Å². The first kappa shape index (κ1) is 63.5. The van der Waals surface area contributed by atoms with Crippen LogP contribution in [0.15, 0.2) is 24.3 Å². The lowest BCUT2D eigenvalue weighted by molar-refractivity contribution is -0.870. The van der Waals surface area contributed by atoms with Crippen LogP contribution in [0.1, 0.15) is 264 Å². The zero-order valence-corrected chi connectivity index (χ0v) is 44.3. The Bertz CT molecular complexity index is 1150. The minimum atomic E-state index is -4.63. The SMILES string of the molecule is CCCCC/C=C/C/C=C/CCCCCCCCCCCC(=O)OC[C@H](COP(=O)([O-])OCC[N+](C)(C)C)OC(=O)CCCCCCCCCCCCCCCCCCCCCCCC. The van der Waals surface area contributed by atoms with Crippen LogP contribution in [0.2, 0.25) is 0 Å². The quantitative estimate of drug-likeness (QED) is 0.0195. The van der Waals surface area contributed by atoms with Crippen molar-refractivity contribution in [3.8, 4) is 0 Å². The van der Waals surface area contributed by atoms with E-state index in [0.717, 1.165) is 38.5 Å². The number of hydrogen-bond acceptors (Lipinski definition) is 8. The van der Waals surface area contributed by atoms with E-state index in [0.29, 0.717) is 17.4 Å². The molecule has 0 aromatic rings. The summed E-state index contributed by atoms with van der Waals surface area (Å²) in [5, 5.41) is 0. The normalized spacial score (nSPS) is 13.5. The summed E-state index contributed by atoms with van der Waals surface area (Å²) in [5.74, 6) is -0.824. The van der Waals surface area contributed by atoms with Crippen LogP contribution in [0.4, 0.5) is 0 Å². The number of hydrogen-bond donors (Lipinski definition) is 0. The third-order valence-corrected chi connectivity index (χ3v) is 13.2. The van der Waals surface area contributed by atoms with Gasteiger partial charge < -0.3 is 27.9 Å². The van der Waals surface area contributed by atoms with Crippen molar-refractivity contribution in [2.75, 3.05) is 47.5 Å². The topological polar surface area (TPSA) is 111 Å². The van der Waals surface area contributed by atoms with Gasteiger partial charge in [-0.1, -0.05) is 231 Å². The van der Waals surface area contributed by atoms with E-state index < -0.39 is 26.5 Å². The lowest BCUT2D eigenvalue weighted by atomic mass is 10.0. The van der Waals surface area contributed by atoms with Crippen LogP contribution in [-0.4, -0.2) is 70.0 Å². The second kappa shape index (κ2) is 47.6. The minimum absolute atomic E-state index is 0.0290. The van der Waals surface area contributed by atoms with Crippen molar-refractivity contribution >= 4 is 19.8 Å². The smallest absolute Gasteiger partial charge is 0.306 e. The molecule has 2 atom stereocenters. The average Bonchev–Trinajstić information content (AvgIpc) is 3.26. The number of likely N-dealkylation sites (N-methyl/N-ethyl adjacent to an activating group) is 1. The summed E-state index contributed by atoms with van der Waals surface area (Å²) in [7, 11) is 1.18. The molecule has 0 aliphatic rings. The van der Waals surface area contributed by atoms with Gasteiger partial charge in [-0.25, -0.2) is 0 Å². The molecule has 0 saturated heterocycles. The van der Waals surface area contributed by atoms with Gasteiger partial charge in [-0.2, -0.15) is 0 Å². The van der Waals surface area contributed by atoms with E-state index >= 15 is 0 Å². The molecule has 0 amide bonds. The zero-order chi connectivity index (χ0) is 47.8. The summed E-state index contributed by atoms with van der Waals surface area (Å²) in [6.07, 6.45) is 55.0. The summed E-state index contributed by atoms with van der Waals surface area (Å²) >= 11 is 0. The predicted octanol–water partition coefficient (Wildman–Crippen LogP) is 16.0. The van der Waals surface area contributed by atoms with Crippen molar-refractivity contribution in [1.29, 1.82) is 0 Å². The van der Waals surface area contributed by atoms with E-state index in [1.54, 1.807) is 0 Å². The Hall–Kier alpha value is -1.51. The molecule has 65 heavy (non-hydrogen) atoms. The standard InChI is InChI=1S/C55H106NO8P/c1-6-8-10-12-14-16-18-20-22-24-26-27-28-30-32-34-36-38-40-42-44-46-48-55(58)64-53(52-63-65(59,60)62-50-49-56(3,4)5)51-61-54(57)47-45-43-41-39-37-35-33-31-29-25-23-21-19-17-15-13-11-9-7-2/h15,17,21,23,53H,6-14,16,18-20,22,24-52H2,1-5H3/b17-15+,23-21+/t53-/m1/s1. The molecule has 10 heteroatoms. The third-order valence-electron chi connectivity index (χ3n) is 12.2. The molecule has 0 aromatic carbocycles. The number of phosphoric acid groups is 1. The van der Waals surface area contributed by atoms with Crippen molar-refractivity contribution in [1.82, 2.24) is 0 Å². The van der Waals surface area contributed by atoms with Crippen LogP contribution < -0.4 is 4.89 Å². The molecule has 384 valence electrons. The van der Waals surface area contributed by atoms with Gasteiger partial charge in [-0.15, -0.1) is 0 Å². The fourth-order valence-electron chi connectivity index (χ4n) is 7.92. The summed E-state index contributed by atoms with van der Waals surface area (Å²) in [5.41, 5.74) is 0. The number of rotatable bonds is 51. The fourth-order valence-corrected chi connectivity index (χ4v) is 8.65. The van der Waals surface area contributed by atoms with Crippen LogP contribution in [0, 0.1) is 0 Å². The molecule has 0 saturated carbocycles. The van der Waals surface area contributed by atoms with Crippen LogP contribution >= 0.6 is 7.82 Å². The van der Waals surface area contributed by atoms with Crippen LogP contribution in [0.25, 0.3) is 0 Å². The van der Waals surface area contributed by atoms with Crippen molar-refractivity contribution in [3.05, 3.63) is 24.3 Å². The molecule has 0 heterocycles. The maximum absolute atomic E-state index is 12.8. The van der Waals surface area contributed by atoms with Gasteiger partial charge in [-0.05, 0) is 44.9 Å². The number of esters is 2. The molecule has 0 aliphatic heterocycles. The second-order valence-electron chi connectivity index (χ2n) is 20.0. The molecule has 0 rings (SSSR count). The van der Waals surface area contributed by atoms with E-state index in [1.165, 1.54) is 193 Å². The molecule has 0 aromatic heterocycles. The third kappa shape index (κ3) is 51.7. The van der Waals surface area contributed by atoms with Gasteiger partial charge in [0.05, 0.1) is 27.7 Å². The number of nitrogens with zero attached hydrogens (tertiary/aromatic N) is 1. The van der Waals surface area contributed by atoms with Gasteiger partial charge >= 0.3 is 11.9 Å². The van der Waals surface area contributed by atoms with E-state index in [-0.39, 0.29) is 32.0 Å². The molecule has 9 nitrogen and oxygen atoms in total. The summed E-state index contributed by atoms with van der Waals surface area (Å²) in [6.45, 7) is 4.25. The second-order valence-corrected chi connectivity index (χ2v) is 21.4. The molecular weight excluding hydrogens is 834 g/mol. The predicted molar refractivity (Wildman–Crippen MR) is 273 cm³/mol. The number of carbonyl (C=O) groups is 2. The fraction of sp³-hybridized carbons (Fsp3) is 0.891. The highest BCUT2D eigenvalue weighted by molar-refractivity contribution is 7.45. The monoisotopic (exact) mass is 940 g/mol.